The number of pyridine rings is 1. The van der Waals surface area contributed by atoms with Crippen molar-refractivity contribution < 1.29 is 14.6 Å². The van der Waals surface area contributed by atoms with Crippen LogP contribution < -0.4 is 4.74 Å². The van der Waals surface area contributed by atoms with E-state index in [2.05, 4.69) is 15.3 Å². The molecule has 0 unspecified atom stereocenters. The van der Waals surface area contributed by atoms with Crippen molar-refractivity contribution in [3.63, 3.8) is 0 Å². The standard InChI is InChI=1S/C17H23N5O3/c1-13(2)22-10-15(19-20-22)17(24)6-4-8-21(12-17)16(23)11-25-14-5-3-7-18-9-14/h3,5,7,9-10,13,24H,4,6,8,11-12H2,1-2H3/t17-/m0/s1. The highest BCUT2D eigenvalue weighted by Gasteiger charge is 2.39. The van der Waals surface area contributed by atoms with E-state index in [1.807, 2.05) is 13.8 Å². The van der Waals surface area contributed by atoms with Crippen molar-refractivity contribution >= 4 is 5.91 Å². The Bertz CT molecular complexity index is 718. The van der Waals surface area contributed by atoms with Gasteiger partial charge in [-0.25, -0.2) is 4.68 Å². The highest BCUT2D eigenvalue weighted by molar-refractivity contribution is 5.78. The molecule has 3 rings (SSSR count). The van der Waals surface area contributed by atoms with Crippen LogP contribution >= 0.6 is 0 Å². The van der Waals surface area contributed by atoms with Crippen LogP contribution in [0.4, 0.5) is 0 Å². The number of hydrogen-bond acceptors (Lipinski definition) is 6. The molecule has 1 aliphatic heterocycles. The fourth-order valence-electron chi connectivity index (χ4n) is 2.87. The summed E-state index contributed by atoms with van der Waals surface area (Å²) in [7, 11) is 0. The first-order chi connectivity index (χ1) is 12.0. The lowest BCUT2D eigenvalue weighted by Crippen LogP contribution is -2.50. The zero-order valence-corrected chi connectivity index (χ0v) is 14.5. The molecule has 1 amide bonds. The summed E-state index contributed by atoms with van der Waals surface area (Å²) in [5, 5.41) is 19.1. The molecule has 25 heavy (non-hydrogen) atoms. The number of β-amino-alcohol motifs (C(OH)–C–C–N with tert-alkyl or cyclic N) is 1. The molecule has 1 fully saturated rings. The number of rotatable bonds is 5. The first-order valence-corrected chi connectivity index (χ1v) is 8.43. The third-order valence-corrected chi connectivity index (χ3v) is 4.34. The van der Waals surface area contributed by atoms with Gasteiger partial charge in [0.2, 0.25) is 0 Å². The zero-order chi connectivity index (χ0) is 17.9. The van der Waals surface area contributed by atoms with Crippen LogP contribution in [-0.2, 0) is 10.4 Å². The lowest BCUT2D eigenvalue weighted by atomic mass is 9.90. The van der Waals surface area contributed by atoms with Gasteiger partial charge in [0, 0.05) is 18.8 Å². The van der Waals surface area contributed by atoms with Crippen molar-refractivity contribution in [3.05, 3.63) is 36.4 Å². The second-order valence-corrected chi connectivity index (χ2v) is 6.61. The Balaban J connectivity index is 1.64. The minimum atomic E-state index is -1.17. The van der Waals surface area contributed by atoms with Crippen LogP contribution in [0.1, 0.15) is 38.4 Å². The molecular weight excluding hydrogens is 322 g/mol. The molecule has 1 N–H and O–H groups in total. The number of carbonyl (C=O) groups is 1. The fraction of sp³-hybridized carbons (Fsp3) is 0.529. The van der Waals surface area contributed by atoms with Gasteiger partial charge in [-0.3, -0.25) is 9.78 Å². The van der Waals surface area contributed by atoms with Gasteiger partial charge in [-0.15, -0.1) is 5.10 Å². The summed E-state index contributed by atoms with van der Waals surface area (Å²) in [6.07, 6.45) is 6.21. The Morgan fingerprint density at radius 1 is 1.48 bits per heavy atom. The molecule has 0 aromatic carbocycles. The maximum absolute atomic E-state index is 12.4. The molecule has 2 aromatic rings. The monoisotopic (exact) mass is 345 g/mol. The van der Waals surface area contributed by atoms with Gasteiger partial charge in [-0.2, -0.15) is 0 Å². The van der Waals surface area contributed by atoms with Crippen LogP contribution in [0.5, 0.6) is 5.75 Å². The molecule has 8 heteroatoms. The maximum Gasteiger partial charge on any atom is 0.260 e. The summed E-state index contributed by atoms with van der Waals surface area (Å²) in [5.74, 6) is 0.376. The normalized spacial score (nSPS) is 20.7. The van der Waals surface area contributed by atoms with Crippen LogP contribution in [0.25, 0.3) is 0 Å². The number of piperidine rings is 1. The van der Waals surface area contributed by atoms with E-state index < -0.39 is 5.60 Å². The van der Waals surface area contributed by atoms with Gasteiger partial charge >= 0.3 is 0 Å². The second-order valence-electron chi connectivity index (χ2n) is 6.61. The molecule has 8 nitrogen and oxygen atoms in total. The van der Waals surface area contributed by atoms with Crippen LogP contribution in [0, 0.1) is 0 Å². The van der Waals surface area contributed by atoms with Crippen LogP contribution in [0.2, 0.25) is 0 Å². The molecule has 1 atom stereocenters. The Hall–Kier alpha value is -2.48. The number of aliphatic hydroxyl groups is 1. The number of aromatic nitrogens is 4. The van der Waals surface area contributed by atoms with Gasteiger partial charge in [0.15, 0.2) is 6.61 Å². The fourth-order valence-corrected chi connectivity index (χ4v) is 2.87. The average molecular weight is 345 g/mol. The quantitative estimate of drug-likeness (QED) is 0.873. The summed E-state index contributed by atoms with van der Waals surface area (Å²) in [6, 6.07) is 3.66. The molecule has 1 saturated heterocycles. The predicted octanol–water partition coefficient (Wildman–Crippen LogP) is 1.14. The van der Waals surface area contributed by atoms with E-state index in [0.717, 1.165) is 0 Å². The summed E-state index contributed by atoms with van der Waals surface area (Å²) in [5.41, 5.74) is -0.665. The molecule has 3 heterocycles. The largest absolute Gasteiger partial charge is 0.482 e. The lowest BCUT2D eigenvalue weighted by Gasteiger charge is -2.37. The Morgan fingerprint density at radius 2 is 2.32 bits per heavy atom. The molecule has 0 radical (unpaired) electrons. The van der Waals surface area contributed by atoms with Crippen LogP contribution in [-0.4, -0.2) is 55.6 Å². The van der Waals surface area contributed by atoms with Gasteiger partial charge in [0.1, 0.15) is 17.0 Å². The maximum atomic E-state index is 12.4. The highest BCUT2D eigenvalue weighted by atomic mass is 16.5. The van der Waals surface area contributed by atoms with Gasteiger partial charge in [-0.1, -0.05) is 5.21 Å². The summed E-state index contributed by atoms with van der Waals surface area (Å²) < 4.78 is 7.17. The van der Waals surface area contributed by atoms with E-state index in [9.17, 15) is 9.90 Å². The van der Waals surface area contributed by atoms with Gasteiger partial charge in [0.05, 0.1) is 18.9 Å². The Labute approximate surface area is 146 Å². The first kappa shape index (κ1) is 17.3. The van der Waals surface area contributed by atoms with E-state index in [1.54, 1.807) is 40.3 Å². The SMILES string of the molecule is CC(C)n1cc([C@]2(O)CCCN(C(=O)COc3cccnc3)C2)nn1. The Morgan fingerprint density at radius 3 is 3.00 bits per heavy atom. The van der Waals surface area contributed by atoms with Crippen molar-refractivity contribution in [2.24, 2.45) is 0 Å². The van der Waals surface area contributed by atoms with E-state index in [0.29, 0.717) is 30.8 Å². The smallest absolute Gasteiger partial charge is 0.260 e. The van der Waals surface area contributed by atoms with Crippen molar-refractivity contribution in [2.75, 3.05) is 19.7 Å². The van der Waals surface area contributed by atoms with Crippen molar-refractivity contribution in [2.45, 2.75) is 38.3 Å². The zero-order valence-electron chi connectivity index (χ0n) is 14.5. The highest BCUT2D eigenvalue weighted by Crippen LogP contribution is 2.30. The van der Waals surface area contributed by atoms with Gasteiger partial charge in [0.25, 0.3) is 5.91 Å². The van der Waals surface area contributed by atoms with Crippen molar-refractivity contribution in [3.8, 4) is 5.75 Å². The minimum absolute atomic E-state index is 0.0829. The van der Waals surface area contributed by atoms with Crippen LogP contribution in [0.15, 0.2) is 30.7 Å². The van der Waals surface area contributed by atoms with E-state index >= 15 is 0 Å². The van der Waals surface area contributed by atoms with Crippen LogP contribution in [0.3, 0.4) is 0 Å². The summed E-state index contributed by atoms with van der Waals surface area (Å²) >= 11 is 0. The van der Waals surface area contributed by atoms with E-state index in [4.69, 9.17) is 4.74 Å². The molecule has 1 aliphatic rings. The topological polar surface area (TPSA) is 93.4 Å². The van der Waals surface area contributed by atoms with Crippen molar-refractivity contribution in [1.29, 1.82) is 0 Å². The molecule has 134 valence electrons. The number of likely N-dealkylation sites (tertiary alicyclic amines) is 1. The van der Waals surface area contributed by atoms with Gasteiger partial charge < -0.3 is 14.7 Å². The predicted molar refractivity (Wildman–Crippen MR) is 89.8 cm³/mol. The lowest BCUT2D eigenvalue weighted by molar-refractivity contribution is -0.141. The summed E-state index contributed by atoms with van der Waals surface area (Å²) in [4.78, 5) is 18.0. The molecule has 0 saturated carbocycles. The number of amides is 1. The van der Waals surface area contributed by atoms with E-state index in [-0.39, 0.29) is 25.1 Å². The van der Waals surface area contributed by atoms with E-state index in [1.165, 1.54) is 0 Å². The molecule has 2 aromatic heterocycles. The molecule has 0 bridgehead atoms. The third kappa shape index (κ3) is 3.96. The average Bonchev–Trinajstić information content (AvgIpc) is 3.12. The summed E-state index contributed by atoms with van der Waals surface area (Å²) in [6.45, 7) is 4.69. The second kappa shape index (κ2) is 7.18. The molecule has 0 spiro atoms. The number of hydrogen-bond donors (Lipinski definition) is 1. The third-order valence-electron chi connectivity index (χ3n) is 4.34. The number of nitrogens with zero attached hydrogens (tertiary/aromatic N) is 5. The minimum Gasteiger partial charge on any atom is -0.482 e. The van der Waals surface area contributed by atoms with Gasteiger partial charge in [-0.05, 0) is 38.8 Å². The number of carbonyl (C=O) groups excluding carboxylic acids is 1. The van der Waals surface area contributed by atoms with Crippen molar-refractivity contribution in [1.82, 2.24) is 24.9 Å². The molecule has 0 aliphatic carbocycles. The molecular formula is C17H23N5O3. The Kier molecular flexibility index (Phi) is 4.98. The first-order valence-electron chi connectivity index (χ1n) is 8.43. The number of ether oxygens (including phenoxy) is 1.